The smallest absolute Gasteiger partial charge is 0.119 e. The predicted molar refractivity (Wildman–Crippen MR) is 83.6 cm³/mol. The molecule has 1 heterocycles. The molecule has 0 saturated carbocycles. The van der Waals surface area contributed by atoms with E-state index in [0.717, 1.165) is 5.56 Å². The van der Waals surface area contributed by atoms with Crippen LogP contribution in [-0.4, -0.2) is 29.3 Å². The molecule has 0 aliphatic carbocycles. The van der Waals surface area contributed by atoms with Gasteiger partial charge < -0.3 is 15.2 Å². The van der Waals surface area contributed by atoms with Crippen LogP contribution in [0.25, 0.3) is 0 Å². The van der Waals surface area contributed by atoms with Crippen molar-refractivity contribution in [3.8, 4) is 5.75 Å². The zero-order valence-electron chi connectivity index (χ0n) is 11.9. The molecule has 2 rings (SSSR count). The third-order valence-corrected chi connectivity index (χ3v) is 3.37. The lowest BCUT2D eigenvalue weighted by Crippen LogP contribution is -2.33. The number of hydrogen-bond donors (Lipinski definition) is 2. The highest BCUT2D eigenvalue weighted by atomic mass is 35.5. The number of pyridine rings is 1. The maximum Gasteiger partial charge on any atom is 0.119 e. The van der Waals surface area contributed by atoms with E-state index in [1.165, 1.54) is 0 Å². The van der Waals surface area contributed by atoms with Gasteiger partial charge in [0.05, 0.1) is 0 Å². The molecule has 0 aliphatic heterocycles. The number of ether oxygens (including phenoxy) is 1. The minimum atomic E-state index is -0.579. The lowest BCUT2D eigenvalue weighted by atomic mass is 10.1. The van der Waals surface area contributed by atoms with Gasteiger partial charge in [0.15, 0.2) is 0 Å². The second-order valence-electron chi connectivity index (χ2n) is 4.83. The van der Waals surface area contributed by atoms with Gasteiger partial charge in [-0.05, 0) is 48.9 Å². The highest BCUT2D eigenvalue weighted by Gasteiger charge is 2.09. The summed E-state index contributed by atoms with van der Waals surface area (Å²) < 4.78 is 5.50. The Morgan fingerprint density at radius 3 is 2.52 bits per heavy atom. The predicted octanol–water partition coefficient (Wildman–Crippen LogP) is 2.83. The van der Waals surface area contributed by atoms with E-state index in [1.54, 1.807) is 36.7 Å². The fourth-order valence-corrected chi connectivity index (χ4v) is 1.99. The third-order valence-electron chi connectivity index (χ3n) is 3.12. The summed E-state index contributed by atoms with van der Waals surface area (Å²) in [6, 6.07) is 11.1. The molecular weight excluding hydrogens is 288 g/mol. The molecule has 21 heavy (non-hydrogen) atoms. The first kappa shape index (κ1) is 15.8. The average molecular weight is 307 g/mol. The zero-order valence-corrected chi connectivity index (χ0v) is 12.6. The second-order valence-corrected chi connectivity index (χ2v) is 5.27. The Kier molecular flexibility index (Phi) is 5.99. The van der Waals surface area contributed by atoms with Crippen LogP contribution < -0.4 is 10.1 Å². The van der Waals surface area contributed by atoms with Crippen molar-refractivity contribution >= 4 is 11.6 Å². The van der Waals surface area contributed by atoms with Crippen LogP contribution in [0.1, 0.15) is 18.5 Å². The van der Waals surface area contributed by atoms with Gasteiger partial charge in [0.2, 0.25) is 0 Å². The maximum absolute atomic E-state index is 9.93. The number of aliphatic hydroxyl groups is 1. The van der Waals surface area contributed by atoms with E-state index >= 15 is 0 Å². The number of benzene rings is 1. The van der Waals surface area contributed by atoms with Crippen molar-refractivity contribution in [1.29, 1.82) is 0 Å². The molecule has 1 aromatic heterocycles. The van der Waals surface area contributed by atoms with Gasteiger partial charge in [0, 0.05) is 30.0 Å². The first-order chi connectivity index (χ1) is 10.1. The van der Waals surface area contributed by atoms with E-state index < -0.39 is 6.10 Å². The molecule has 5 heteroatoms. The molecule has 112 valence electrons. The first-order valence-corrected chi connectivity index (χ1v) is 7.22. The summed E-state index contributed by atoms with van der Waals surface area (Å²) in [5.74, 6) is 0.695. The SMILES string of the molecule is CC(NCC(O)COc1ccc(Cl)cc1)c1ccncc1. The molecule has 0 saturated heterocycles. The van der Waals surface area contributed by atoms with Gasteiger partial charge in [0.25, 0.3) is 0 Å². The maximum atomic E-state index is 9.93. The molecule has 4 nitrogen and oxygen atoms in total. The lowest BCUT2D eigenvalue weighted by Gasteiger charge is -2.17. The number of nitrogens with zero attached hydrogens (tertiary/aromatic N) is 1. The van der Waals surface area contributed by atoms with Gasteiger partial charge in [-0.1, -0.05) is 11.6 Å². The van der Waals surface area contributed by atoms with E-state index in [4.69, 9.17) is 16.3 Å². The largest absolute Gasteiger partial charge is 0.491 e. The lowest BCUT2D eigenvalue weighted by molar-refractivity contribution is 0.104. The van der Waals surface area contributed by atoms with Crippen LogP contribution in [0.5, 0.6) is 5.75 Å². The van der Waals surface area contributed by atoms with Gasteiger partial charge in [-0.2, -0.15) is 0 Å². The Balaban J connectivity index is 1.72. The summed E-state index contributed by atoms with van der Waals surface area (Å²) in [5, 5.41) is 13.9. The second kappa shape index (κ2) is 7.98. The standard InChI is InChI=1S/C16H19ClN2O2/c1-12(13-6-8-18-9-7-13)19-10-15(20)11-21-16-4-2-14(17)3-5-16/h2-9,12,15,19-20H,10-11H2,1H3. The molecule has 2 N–H and O–H groups in total. The first-order valence-electron chi connectivity index (χ1n) is 6.85. The monoisotopic (exact) mass is 306 g/mol. The van der Waals surface area contributed by atoms with Gasteiger partial charge in [-0.25, -0.2) is 0 Å². The molecule has 0 fully saturated rings. The number of hydrogen-bond acceptors (Lipinski definition) is 4. The number of aliphatic hydroxyl groups excluding tert-OH is 1. The topological polar surface area (TPSA) is 54.4 Å². The van der Waals surface area contributed by atoms with Crippen LogP contribution in [0.4, 0.5) is 0 Å². The summed E-state index contributed by atoms with van der Waals surface area (Å²) in [6.07, 6.45) is 2.94. The summed E-state index contributed by atoms with van der Waals surface area (Å²) in [5.41, 5.74) is 1.14. The van der Waals surface area contributed by atoms with Crippen molar-refractivity contribution in [3.05, 3.63) is 59.4 Å². The molecule has 0 amide bonds. The van der Waals surface area contributed by atoms with E-state index in [-0.39, 0.29) is 12.6 Å². The minimum Gasteiger partial charge on any atom is -0.491 e. The van der Waals surface area contributed by atoms with Crippen LogP contribution in [0.15, 0.2) is 48.8 Å². The molecule has 1 aromatic carbocycles. The average Bonchev–Trinajstić information content (AvgIpc) is 2.53. The quantitative estimate of drug-likeness (QED) is 0.826. The van der Waals surface area contributed by atoms with Crippen molar-refractivity contribution in [2.75, 3.05) is 13.2 Å². The molecule has 0 spiro atoms. The summed E-state index contributed by atoms with van der Waals surface area (Å²) in [7, 11) is 0. The van der Waals surface area contributed by atoms with Crippen molar-refractivity contribution in [2.24, 2.45) is 0 Å². The van der Waals surface area contributed by atoms with Gasteiger partial charge in [0.1, 0.15) is 18.5 Å². The van der Waals surface area contributed by atoms with Crippen LogP contribution in [-0.2, 0) is 0 Å². The highest BCUT2D eigenvalue weighted by molar-refractivity contribution is 6.30. The normalized spacial score (nSPS) is 13.7. The van der Waals surface area contributed by atoms with E-state index in [0.29, 0.717) is 17.3 Å². The minimum absolute atomic E-state index is 0.151. The molecule has 2 aromatic rings. The Morgan fingerprint density at radius 2 is 1.86 bits per heavy atom. The summed E-state index contributed by atoms with van der Waals surface area (Å²) in [6.45, 7) is 2.73. The Morgan fingerprint density at radius 1 is 1.19 bits per heavy atom. The molecule has 0 aliphatic rings. The van der Waals surface area contributed by atoms with Crippen molar-refractivity contribution in [1.82, 2.24) is 10.3 Å². The summed E-state index contributed by atoms with van der Waals surface area (Å²) in [4.78, 5) is 3.99. The van der Waals surface area contributed by atoms with Crippen LogP contribution in [0.2, 0.25) is 5.02 Å². The van der Waals surface area contributed by atoms with Crippen LogP contribution >= 0.6 is 11.6 Å². The van der Waals surface area contributed by atoms with Crippen molar-refractivity contribution in [3.63, 3.8) is 0 Å². The van der Waals surface area contributed by atoms with Gasteiger partial charge in [-0.3, -0.25) is 4.98 Å². The van der Waals surface area contributed by atoms with Gasteiger partial charge in [-0.15, -0.1) is 0 Å². The van der Waals surface area contributed by atoms with E-state index in [2.05, 4.69) is 10.3 Å². The number of rotatable bonds is 7. The fraction of sp³-hybridized carbons (Fsp3) is 0.312. The molecule has 2 atom stereocenters. The Bertz CT molecular complexity index is 534. The highest BCUT2D eigenvalue weighted by Crippen LogP contribution is 2.15. The van der Waals surface area contributed by atoms with Crippen molar-refractivity contribution in [2.45, 2.75) is 19.1 Å². The Labute approximate surface area is 129 Å². The Hall–Kier alpha value is -1.62. The molecule has 0 bridgehead atoms. The zero-order chi connectivity index (χ0) is 15.1. The summed E-state index contributed by atoms with van der Waals surface area (Å²) >= 11 is 5.80. The van der Waals surface area contributed by atoms with Crippen LogP contribution in [0, 0.1) is 0 Å². The number of nitrogens with one attached hydrogen (secondary N) is 1. The molecular formula is C16H19ClN2O2. The van der Waals surface area contributed by atoms with Crippen molar-refractivity contribution < 1.29 is 9.84 Å². The van der Waals surface area contributed by atoms with E-state index in [9.17, 15) is 5.11 Å². The number of aromatic nitrogens is 1. The third kappa shape index (κ3) is 5.34. The van der Waals surface area contributed by atoms with E-state index in [1.807, 2.05) is 19.1 Å². The number of halogens is 1. The molecule has 0 radical (unpaired) electrons. The fourth-order valence-electron chi connectivity index (χ4n) is 1.86. The van der Waals surface area contributed by atoms with Crippen LogP contribution in [0.3, 0.4) is 0 Å². The molecule has 2 unspecified atom stereocenters. The van der Waals surface area contributed by atoms with Gasteiger partial charge >= 0.3 is 0 Å².